The Bertz CT molecular complexity index is 697. The first-order chi connectivity index (χ1) is 11.3. The van der Waals surface area contributed by atoms with Gasteiger partial charge >= 0.3 is 0 Å². The standard InChI is InChI=1S/C20H22FNO/c1-2-13-5-10-18-17(12-13)20-16(4-3-11-23-20)19(22-18)14-6-8-15(21)9-7-14/h5-10,12,16,19-20,22H,2-4,11H2,1H3/t16-,19+,20+/m0/s1. The fourth-order valence-electron chi connectivity index (χ4n) is 3.94. The second-order valence-electron chi connectivity index (χ2n) is 6.55. The van der Waals surface area contributed by atoms with Crippen LogP contribution >= 0.6 is 0 Å². The Labute approximate surface area is 136 Å². The molecular weight excluding hydrogens is 289 g/mol. The summed E-state index contributed by atoms with van der Waals surface area (Å²) in [4.78, 5) is 0. The molecule has 3 atom stereocenters. The molecule has 0 amide bonds. The lowest BCUT2D eigenvalue weighted by molar-refractivity contribution is -0.0381. The molecule has 0 aromatic heterocycles. The van der Waals surface area contributed by atoms with E-state index in [1.165, 1.54) is 11.1 Å². The van der Waals surface area contributed by atoms with Crippen molar-refractivity contribution in [1.29, 1.82) is 0 Å². The van der Waals surface area contributed by atoms with Crippen LogP contribution in [0.15, 0.2) is 42.5 Å². The maximum atomic E-state index is 13.3. The molecule has 1 saturated heterocycles. The Morgan fingerprint density at radius 2 is 2.00 bits per heavy atom. The Kier molecular flexibility index (Phi) is 3.82. The topological polar surface area (TPSA) is 21.3 Å². The van der Waals surface area contributed by atoms with Crippen LogP contribution in [0.4, 0.5) is 10.1 Å². The van der Waals surface area contributed by atoms with Gasteiger partial charge in [0.2, 0.25) is 0 Å². The van der Waals surface area contributed by atoms with Crippen LogP contribution in [-0.4, -0.2) is 6.61 Å². The van der Waals surface area contributed by atoms with Gasteiger partial charge in [-0.05, 0) is 48.6 Å². The Morgan fingerprint density at radius 3 is 2.78 bits per heavy atom. The average Bonchev–Trinajstić information content (AvgIpc) is 2.61. The van der Waals surface area contributed by atoms with Crippen LogP contribution in [-0.2, 0) is 11.2 Å². The SMILES string of the molecule is CCc1ccc2c(c1)[C@@H]1OCCC[C@H]1[C@@H](c1ccc(F)cc1)N2. The zero-order chi connectivity index (χ0) is 15.8. The summed E-state index contributed by atoms with van der Waals surface area (Å²) in [5, 5.41) is 3.68. The van der Waals surface area contributed by atoms with Crippen molar-refractivity contribution in [1.82, 2.24) is 0 Å². The summed E-state index contributed by atoms with van der Waals surface area (Å²) < 4.78 is 19.4. The Morgan fingerprint density at radius 1 is 1.17 bits per heavy atom. The van der Waals surface area contributed by atoms with E-state index in [4.69, 9.17) is 4.74 Å². The lowest BCUT2D eigenvalue weighted by Crippen LogP contribution is -2.36. The van der Waals surface area contributed by atoms with Crippen molar-refractivity contribution in [3.8, 4) is 0 Å². The minimum atomic E-state index is -0.186. The van der Waals surface area contributed by atoms with Crippen molar-refractivity contribution in [3.63, 3.8) is 0 Å². The lowest BCUT2D eigenvalue weighted by atomic mass is 9.77. The molecule has 2 heterocycles. The summed E-state index contributed by atoms with van der Waals surface area (Å²) in [6.45, 7) is 3.01. The van der Waals surface area contributed by atoms with Crippen molar-refractivity contribution >= 4 is 5.69 Å². The van der Waals surface area contributed by atoms with Gasteiger partial charge in [-0.3, -0.25) is 0 Å². The van der Waals surface area contributed by atoms with E-state index in [0.717, 1.165) is 37.1 Å². The number of nitrogens with one attached hydrogen (secondary N) is 1. The van der Waals surface area contributed by atoms with E-state index in [2.05, 4.69) is 30.4 Å². The molecule has 4 rings (SSSR count). The molecule has 2 nitrogen and oxygen atoms in total. The van der Waals surface area contributed by atoms with Crippen LogP contribution in [0.2, 0.25) is 0 Å². The molecule has 0 unspecified atom stereocenters. The van der Waals surface area contributed by atoms with Gasteiger partial charge in [0.15, 0.2) is 0 Å². The van der Waals surface area contributed by atoms with Gasteiger partial charge in [-0.1, -0.05) is 31.2 Å². The van der Waals surface area contributed by atoms with E-state index in [-0.39, 0.29) is 18.0 Å². The Hall–Kier alpha value is -1.87. The summed E-state index contributed by atoms with van der Waals surface area (Å²) in [7, 11) is 0. The van der Waals surface area contributed by atoms with E-state index in [0.29, 0.717) is 5.92 Å². The third kappa shape index (κ3) is 2.63. The minimum Gasteiger partial charge on any atom is -0.378 e. The molecule has 2 aromatic carbocycles. The second kappa shape index (κ2) is 5.97. The van der Waals surface area contributed by atoms with E-state index >= 15 is 0 Å². The van der Waals surface area contributed by atoms with Crippen LogP contribution in [0.25, 0.3) is 0 Å². The van der Waals surface area contributed by atoms with E-state index < -0.39 is 0 Å². The normalized spacial score (nSPS) is 26.1. The maximum Gasteiger partial charge on any atom is 0.123 e. The summed E-state index contributed by atoms with van der Waals surface area (Å²) in [6.07, 6.45) is 3.40. The first-order valence-electron chi connectivity index (χ1n) is 8.52. The van der Waals surface area contributed by atoms with Gasteiger partial charge in [-0.2, -0.15) is 0 Å². The summed E-state index contributed by atoms with van der Waals surface area (Å²) in [5.41, 5.74) is 4.92. The van der Waals surface area contributed by atoms with Crippen molar-refractivity contribution < 1.29 is 9.13 Å². The number of hydrogen-bond donors (Lipinski definition) is 1. The molecular formula is C20H22FNO. The largest absolute Gasteiger partial charge is 0.378 e. The number of anilines is 1. The van der Waals surface area contributed by atoms with Crippen LogP contribution in [0.5, 0.6) is 0 Å². The summed E-state index contributed by atoms with van der Waals surface area (Å²) >= 11 is 0. The van der Waals surface area contributed by atoms with Crippen LogP contribution in [0, 0.1) is 11.7 Å². The number of benzene rings is 2. The highest BCUT2D eigenvalue weighted by Crippen LogP contribution is 2.49. The number of fused-ring (bicyclic) bond motifs is 3. The number of aryl methyl sites for hydroxylation is 1. The molecule has 1 N–H and O–H groups in total. The second-order valence-corrected chi connectivity index (χ2v) is 6.55. The van der Waals surface area contributed by atoms with Crippen LogP contribution in [0.3, 0.4) is 0 Å². The summed E-state index contributed by atoms with van der Waals surface area (Å²) in [5.74, 6) is 0.211. The van der Waals surface area contributed by atoms with Gasteiger partial charge in [0, 0.05) is 23.8 Å². The van der Waals surface area contributed by atoms with Gasteiger partial charge in [0.1, 0.15) is 5.82 Å². The number of hydrogen-bond acceptors (Lipinski definition) is 2. The first-order valence-corrected chi connectivity index (χ1v) is 8.52. The van der Waals surface area contributed by atoms with Gasteiger partial charge in [-0.15, -0.1) is 0 Å². The van der Waals surface area contributed by atoms with Crippen LogP contribution < -0.4 is 5.32 Å². The van der Waals surface area contributed by atoms with Crippen molar-refractivity contribution in [2.75, 3.05) is 11.9 Å². The quantitative estimate of drug-likeness (QED) is 0.840. The maximum absolute atomic E-state index is 13.3. The fraction of sp³-hybridized carbons (Fsp3) is 0.400. The van der Waals surface area contributed by atoms with Gasteiger partial charge in [0.25, 0.3) is 0 Å². The zero-order valence-electron chi connectivity index (χ0n) is 13.4. The van der Waals surface area contributed by atoms with E-state index in [9.17, 15) is 4.39 Å². The minimum absolute atomic E-state index is 0.140. The summed E-state index contributed by atoms with van der Waals surface area (Å²) in [6, 6.07) is 13.7. The monoisotopic (exact) mass is 311 g/mol. The highest BCUT2D eigenvalue weighted by atomic mass is 19.1. The molecule has 2 aliphatic rings. The molecule has 120 valence electrons. The average molecular weight is 311 g/mol. The fourth-order valence-corrected chi connectivity index (χ4v) is 3.94. The third-order valence-corrected chi connectivity index (χ3v) is 5.17. The molecule has 0 bridgehead atoms. The van der Waals surface area contributed by atoms with Crippen molar-refractivity contribution in [2.45, 2.75) is 38.3 Å². The number of ether oxygens (including phenoxy) is 1. The van der Waals surface area contributed by atoms with E-state index in [1.54, 1.807) is 12.1 Å². The highest BCUT2D eigenvalue weighted by molar-refractivity contribution is 5.58. The van der Waals surface area contributed by atoms with Crippen LogP contribution in [0.1, 0.15) is 48.6 Å². The Balaban J connectivity index is 1.75. The van der Waals surface area contributed by atoms with E-state index in [1.807, 2.05) is 12.1 Å². The smallest absolute Gasteiger partial charge is 0.123 e. The molecule has 3 heteroatoms. The van der Waals surface area contributed by atoms with Gasteiger partial charge < -0.3 is 10.1 Å². The lowest BCUT2D eigenvalue weighted by Gasteiger charge is -2.43. The van der Waals surface area contributed by atoms with Gasteiger partial charge in [0.05, 0.1) is 12.1 Å². The first kappa shape index (κ1) is 14.7. The molecule has 1 fully saturated rings. The predicted octanol–water partition coefficient (Wildman–Crippen LogP) is 5.02. The molecule has 2 aliphatic heterocycles. The molecule has 23 heavy (non-hydrogen) atoms. The zero-order valence-corrected chi connectivity index (χ0v) is 13.4. The number of halogens is 1. The van der Waals surface area contributed by atoms with Crippen molar-refractivity contribution in [2.24, 2.45) is 5.92 Å². The number of rotatable bonds is 2. The molecule has 0 saturated carbocycles. The molecule has 2 aromatic rings. The highest BCUT2D eigenvalue weighted by Gasteiger charge is 2.39. The molecule has 0 radical (unpaired) electrons. The third-order valence-electron chi connectivity index (χ3n) is 5.17. The predicted molar refractivity (Wildman–Crippen MR) is 90.0 cm³/mol. The van der Waals surface area contributed by atoms with Gasteiger partial charge in [-0.25, -0.2) is 4.39 Å². The van der Waals surface area contributed by atoms with Crippen molar-refractivity contribution in [3.05, 3.63) is 65.0 Å². The molecule has 0 spiro atoms. The molecule has 0 aliphatic carbocycles.